The molecule has 26 heavy (non-hydrogen) atoms. The van der Waals surface area contributed by atoms with E-state index in [0.29, 0.717) is 29.5 Å². The molecule has 0 aliphatic heterocycles. The van der Waals surface area contributed by atoms with Crippen LogP contribution >= 0.6 is 23.1 Å². The Hall–Kier alpha value is -1.01. The summed E-state index contributed by atoms with van der Waals surface area (Å²) in [7, 11) is 0. The first kappa shape index (κ1) is 21.3. The highest BCUT2D eigenvalue weighted by molar-refractivity contribution is 7.98. The Balaban J connectivity index is 2.31. The van der Waals surface area contributed by atoms with Crippen LogP contribution in [0.1, 0.15) is 67.8 Å². The predicted molar refractivity (Wildman–Crippen MR) is 111 cm³/mol. The highest BCUT2D eigenvalue weighted by Gasteiger charge is 2.35. The summed E-state index contributed by atoms with van der Waals surface area (Å²) in [6.45, 7) is 9.05. The van der Waals surface area contributed by atoms with Crippen LogP contribution in [-0.2, 0) is 22.4 Å². The molecule has 0 bridgehead atoms. The third-order valence-electron chi connectivity index (χ3n) is 5.55. The van der Waals surface area contributed by atoms with Crippen molar-refractivity contribution in [3.05, 3.63) is 16.0 Å². The molecule has 1 N–H and O–H groups in total. The summed E-state index contributed by atoms with van der Waals surface area (Å²) in [6, 6.07) is 0. The number of rotatable bonds is 8. The second-order valence-corrected chi connectivity index (χ2v) is 9.59. The monoisotopic (exact) mass is 397 g/mol. The molecule has 4 nitrogen and oxygen atoms in total. The van der Waals surface area contributed by atoms with Crippen molar-refractivity contribution in [2.24, 2.45) is 11.3 Å². The van der Waals surface area contributed by atoms with Gasteiger partial charge in [-0.25, -0.2) is 4.79 Å². The van der Waals surface area contributed by atoms with Gasteiger partial charge >= 0.3 is 5.97 Å². The molecule has 6 heteroatoms. The van der Waals surface area contributed by atoms with Crippen molar-refractivity contribution in [1.82, 2.24) is 0 Å². The van der Waals surface area contributed by atoms with Crippen molar-refractivity contribution >= 4 is 40.0 Å². The molecule has 0 saturated carbocycles. The Bertz CT molecular complexity index is 652. The minimum atomic E-state index is -0.307. The Morgan fingerprint density at radius 2 is 2.08 bits per heavy atom. The van der Waals surface area contributed by atoms with Crippen molar-refractivity contribution < 1.29 is 14.3 Å². The molecular formula is C20H31NO3S2. The van der Waals surface area contributed by atoms with E-state index in [1.165, 1.54) is 4.88 Å². The molecule has 1 aromatic rings. The molecule has 0 radical (unpaired) electrons. The average Bonchev–Trinajstić information content (AvgIpc) is 2.96. The Morgan fingerprint density at radius 3 is 2.69 bits per heavy atom. The summed E-state index contributed by atoms with van der Waals surface area (Å²) in [6.07, 6.45) is 6.52. The minimum absolute atomic E-state index is 0.0334. The van der Waals surface area contributed by atoms with Gasteiger partial charge in [0.1, 0.15) is 5.00 Å². The van der Waals surface area contributed by atoms with Crippen LogP contribution in [0.2, 0.25) is 0 Å². The summed E-state index contributed by atoms with van der Waals surface area (Å²) in [5.74, 6) is 1.04. The molecule has 1 aromatic heterocycles. The number of ether oxygens (including phenoxy) is 1. The number of anilines is 1. The molecule has 0 fully saturated rings. The van der Waals surface area contributed by atoms with Gasteiger partial charge in [-0.15, -0.1) is 11.3 Å². The molecule has 1 heterocycles. The lowest BCUT2D eigenvalue weighted by atomic mass is 9.69. The van der Waals surface area contributed by atoms with E-state index in [-0.39, 0.29) is 17.3 Å². The molecule has 0 saturated heterocycles. The fourth-order valence-electron chi connectivity index (χ4n) is 3.43. The lowest BCUT2D eigenvalue weighted by Gasteiger charge is -2.36. The minimum Gasteiger partial charge on any atom is -0.462 e. The number of amides is 1. The third kappa shape index (κ3) is 4.83. The number of carbonyl (C=O) groups excluding carboxylic acids is 2. The molecule has 2 rings (SSSR count). The predicted octanol–water partition coefficient (Wildman–Crippen LogP) is 5.16. The van der Waals surface area contributed by atoms with Gasteiger partial charge in [-0.3, -0.25) is 4.79 Å². The number of thioether (sulfide) groups is 1. The van der Waals surface area contributed by atoms with Gasteiger partial charge < -0.3 is 10.1 Å². The van der Waals surface area contributed by atoms with Gasteiger partial charge in [0.2, 0.25) is 5.91 Å². The van der Waals surface area contributed by atoms with Crippen LogP contribution in [0.3, 0.4) is 0 Å². The SMILES string of the molecule is CCOC(=O)c1c(NC(=O)CCSC)sc2c1CCC(C(C)(C)CC)C2. The summed E-state index contributed by atoms with van der Waals surface area (Å²) in [5.41, 5.74) is 1.97. The Morgan fingerprint density at radius 1 is 1.35 bits per heavy atom. The van der Waals surface area contributed by atoms with Crippen molar-refractivity contribution in [3.8, 4) is 0 Å². The summed E-state index contributed by atoms with van der Waals surface area (Å²) in [5, 5.41) is 3.65. The van der Waals surface area contributed by atoms with E-state index in [2.05, 4.69) is 26.1 Å². The summed E-state index contributed by atoms with van der Waals surface area (Å²) < 4.78 is 5.28. The standard InChI is InChI=1S/C20H31NO3S2/c1-6-20(3,4)13-8-9-14-15(12-13)26-18(17(14)19(23)24-7-2)21-16(22)10-11-25-5/h13H,6-12H2,1-5H3,(H,21,22). The van der Waals surface area contributed by atoms with Crippen molar-refractivity contribution in [2.45, 2.75) is 59.8 Å². The molecular weight excluding hydrogens is 366 g/mol. The zero-order chi connectivity index (χ0) is 19.3. The van der Waals surface area contributed by atoms with Gasteiger partial charge in [-0.1, -0.05) is 27.2 Å². The van der Waals surface area contributed by atoms with Crippen LogP contribution in [0.25, 0.3) is 0 Å². The summed E-state index contributed by atoms with van der Waals surface area (Å²) >= 11 is 3.21. The van der Waals surface area contributed by atoms with Gasteiger partial charge in [0.05, 0.1) is 12.2 Å². The Labute approximate surface area is 165 Å². The van der Waals surface area contributed by atoms with Crippen LogP contribution in [0.15, 0.2) is 0 Å². The first-order valence-electron chi connectivity index (χ1n) is 9.44. The lowest BCUT2D eigenvalue weighted by Crippen LogP contribution is -2.28. The molecule has 1 aliphatic carbocycles. The lowest BCUT2D eigenvalue weighted by molar-refractivity contribution is -0.115. The normalized spacial score (nSPS) is 16.9. The van der Waals surface area contributed by atoms with E-state index in [1.807, 2.05) is 13.2 Å². The topological polar surface area (TPSA) is 55.4 Å². The number of thiophene rings is 1. The van der Waals surface area contributed by atoms with E-state index in [9.17, 15) is 9.59 Å². The Kier molecular flexibility index (Phi) is 7.59. The zero-order valence-corrected chi connectivity index (χ0v) is 18.2. The van der Waals surface area contributed by atoms with Gasteiger partial charge in [0, 0.05) is 17.1 Å². The fraction of sp³-hybridized carbons (Fsp3) is 0.700. The van der Waals surface area contributed by atoms with Gasteiger partial charge in [-0.05, 0) is 49.3 Å². The number of hydrogen-bond donors (Lipinski definition) is 1. The quantitative estimate of drug-likeness (QED) is 0.616. The highest BCUT2D eigenvalue weighted by atomic mass is 32.2. The van der Waals surface area contributed by atoms with Crippen LogP contribution in [-0.4, -0.2) is 30.5 Å². The van der Waals surface area contributed by atoms with Crippen LogP contribution in [0.4, 0.5) is 5.00 Å². The maximum atomic E-state index is 12.6. The first-order chi connectivity index (χ1) is 12.3. The highest BCUT2D eigenvalue weighted by Crippen LogP contribution is 2.45. The molecule has 0 spiro atoms. The second kappa shape index (κ2) is 9.27. The number of nitrogens with one attached hydrogen (secondary N) is 1. The van der Waals surface area contributed by atoms with E-state index < -0.39 is 0 Å². The molecule has 1 atom stereocenters. The molecule has 1 unspecified atom stereocenters. The smallest absolute Gasteiger partial charge is 0.341 e. The average molecular weight is 398 g/mol. The van der Waals surface area contributed by atoms with Crippen LogP contribution < -0.4 is 5.32 Å². The second-order valence-electron chi connectivity index (χ2n) is 7.50. The number of carbonyl (C=O) groups is 2. The van der Waals surface area contributed by atoms with Crippen LogP contribution in [0.5, 0.6) is 0 Å². The first-order valence-corrected chi connectivity index (χ1v) is 11.7. The maximum absolute atomic E-state index is 12.6. The van der Waals surface area contributed by atoms with Crippen molar-refractivity contribution in [3.63, 3.8) is 0 Å². The van der Waals surface area contributed by atoms with E-state index >= 15 is 0 Å². The number of fused-ring (bicyclic) bond motifs is 1. The van der Waals surface area contributed by atoms with Gasteiger partial charge in [0.25, 0.3) is 0 Å². The molecule has 1 aliphatic rings. The molecule has 146 valence electrons. The number of esters is 1. The van der Waals surface area contributed by atoms with E-state index in [0.717, 1.165) is 37.0 Å². The van der Waals surface area contributed by atoms with Crippen molar-refractivity contribution in [2.75, 3.05) is 23.9 Å². The number of hydrogen-bond acceptors (Lipinski definition) is 5. The van der Waals surface area contributed by atoms with Gasteiger partial charge in [0.15, 0.2) is 0 Å². The van der Waals surface area contributed by atoms with Crippen LogP contribution in [0, 0.1) is 11.3 Å². The molecule has 0 aromatic carbocycles. The summed E-state index contributed by atoms with van der Waals surface area (Å²) in [4.78, 5) is 26.0. The van der Waals surface area contributed by atoms with E-state index in [4.69, 9.17) is 4.74 Å². The zero-order valence-electron chi connectivity index (χ0n) is 16.6. The van der Waals surface area contributed by atoms with Gasteiger partial charge in [-0.2, -0.15) is 11.8 Å². The van der Waals surface area contributed by atoms with Crippen molar-refractivity contribution in [1.29, 1.82) is 0 Å². The third-order valence-corrected chi connectivity index (χ3v) is 7.33. The van der Waals surface area contributed by atoms with E-state index in [1.54, 1.807) is 23.1 Å². The fourth-order valence-corrected chi connectivity index (χ4v) is 5.15. The maximum Gasteiger partial charge on any atom is 0.341 e. The molecule has 1 amide bonds. The largest absolute Gasteiger partial charge is 0.462 e.